The first-order chi connectivity index (χ1) is 13.6. The van der Waals surface area contributed by atoms with Gasteiger partial charge in [-0.15, -0.1) is 0 Å². The number of hydrazone groups is 1. The van der Waals surface area contributed by atoms with Gasteiger partial charge >= 0.3 is 0 Å². The third-order valence-electron chi connectivity index (χ3n) is 4.89. The van der Waals surface area contributed by atoms with E-state index in [4.69, 9.17) is 0 Å². The van der Waals surface area contributed by atoms with Crippen molar-refractivity contribution in [3.05, 3.63) is 53.1 Å². The fraction of sp³-hybridized carbons (Fsp3) is 0.300. The van der Waals surface area contributed by atoms with Crippen LogP contribution < -0.4 is 9.91 Å². The van der Waals surface area contributed by atoms with Gasteiger partial charge in [-0.3, -0.25) is 9.59 Å². The van der Waals surface area contributed by atoms with Gasteiger partial charge in [-0.2, -0.15) is 5.10 Å². The highest BCUT2D eigenvalue weighted by Gasteiger charge is 2.30. The van der Waals surface area contributed by atoms with E-state index in [1.807, 2.05) is 47.4 Å². The number of rotatable bonds is 3. The van der Waals surface area contributed by atoms with Gasteiger partial charge in [0.05, 0.1) is 5.69 Å². The van der Waals surface area contributed by atoms with Crippen molar-refractivity contribution in [1.29, 1.82) is 0 Å². The minimum Gasteiger partial charge on any atom is -0.353 e. The molecule has 0 atom stereocenters. The van der Waals surface area contributed by atoms with E-state index in [1.165, 1.54) is 5.01 Å². The molecule has 28 heavy (non-hydrogen) atoms. The molecule has 0 bridgehead atoms. The Kier molecular flexibility index (Phi) is 5.38. The number of halogens is 1. The van der Waals surface area contributed by atoms with Crippen LogP contribution in [0.2, 0.25) is 0 Å². The van der Waals surface area contributed by atoms with Crippen molar-refractivity contribution in [2.45, 2.75) is 12.8 Å². The van der Waals surface area contributed by atoms with Crippen molar-refractivity contribution in [2.24, 2.45) is 5.10 Å². The highest BCUT2D eigenvalue weighted by molar-refractivity contribution is 9.10. The first-order valence-corrected chi connectivity index (χ1v) is 10.0. The largest absolute Gasteiger partial charge is 0.353 e. The first-order valence-electron chi connectivity index (χ1n) is 9.23. The van der Waals surface area contributed by atoms with E-state index >= 15 is 0 Å². The van der Waals surface area contributed by atoms with Crippen molar-refractivity contribution >= 4 is 45.0 Å². The molecule has 1 fully saturated rings. The van der Waals surface area contributed by atoms with E-state index < -0.39 is 0 Å². The quantitative estimate of drug-likeness (QED) is 0.733. The molecular weight excluding hydrogens is 422 g/mol. The Balaban J connectivity index is 1.45. The van der Waals surface area contributed by atoms with Gasteiger partial charge < -0.3 is 9.80 Å². The average molecular weight is 442 g/mol. The lowest BCUT2D eigenvalue weighted by Gasteiger charge is -2.36. The lowest BCUT2D eigenvalue weighted by Crippen LogP contribution is -2.51. The molecule has 0 aliphatic carbocycles. The van der Waals surface area contributed by atoms with Crippen molar-refractivity contribution < 1.29 is 9.59 Å². The van der Waals surface area contributed by atoms with Crippen LogP contribution in [-0.2, 0) is 9.59 Å². The summed E-state index contributed by atoms with van der Waals surface area (Å²) < 4.78 is 0.923. The van der Waals surface area contributed by atoms with E-state index in [1.54, 1.807) is 6.20 Å². The number of aromatic nitrogens is 1. The summed E-state index contributed by atoms with van der Waals surface area (Å²) in [6.07, 6.45) is 2.44. The number of pyridine rings is 1. The molecule has 2 aliphatic rings. The van der Waals surface area contributed by atoms with Crippen molar-refractivity contribution in [1.82, 2.24) is 9.88 Å². The zero-order chi connectivity index (χ0) is 19.5. The van der Waals surface area contributed by atoms with Crippen LogP contribution in [0.25, 0.3) is 0 Å². The predicted octanol–water partition coefficient (Wildman–Crippen LogP) is 2.68. The van der Waals surface area contributed by atoms with Gasteiger partial charge in [0, 0.05) is 49.7 Å². The van der Waals surface area contributed by atoms with Crippen LogP contribution in [0.4, 0.5) is 11.5 Å². The van der Waals surface area contributed by atoms with Gasteiger partial charge in [-0.05, 0) is 36.4 Å². The van der Waals surface area contributed by atoms with Crippen molar-refractivity contribution in [3.8, 4) is 0 Å². The van der Waals surface area contributed by atoms with Crippen LogP contribution >= 0.6 is 15.9 Å². The molecule has 3 heterocycles. The third-order valence-corrected chi connectivity index (χ3v) is 5.42. The maximum Gasteiger partial charge on any atom is 0.270 e. The van der Waals surface area contributed by atoms with Crippen LogP contribution in [0.3, 0.4) is 0 Å². The number of hydrogen-bond donors (Lipinski definition) is 0. The van der Waals surface area contributed by atoms with Crippen LogP contribution in [0, 0.1) is 0 Å². The van der Waals surface area contributed by atoms with E-state index in [0.29, 0.717) is 30.9 Å². The molecule has 0 unspecified atom stereocenters. The van der Waals surface area contributed by atoms with Gasteiger partial charge in [0.1, 0.15) is 11.5 Å². The number of benzene rings is 1. The normalized spacial score (nSPS) is 17.5. The standard InChI is InChI=1S/C20H20BrN5O2/c21-15-4-6-16(7-5-15)26-19(27)9-8-17(23-26)20(28)25-13-11-24(12-14-25)18-3-1-2-10-22-18/h1-7,10H,8-9,11-14H2. The number of anilines is 2. The molecule has 0 radical (unpaired) electrons. The second kappa shape index (κ2) is 8.10. The third kappa shape index (κ3) is 3.91. The molecule has 7 nitrogen and oxygen atoms in total. The lowest BCUT2D eigenvalue weighted by molar-refractivity contribution is -0.124. The maximum absolute atomic E-state index is 12.9. The fourth-order valence-corrected chi connectivity index (χ4v) is 3.62. The summed E-state index contributed by atoms with van der Waals surface area (Å²) in [6, 6.07) is 13.2. The molecular formula is C20H20BrN5O2. The number of carbonyl (C=O) groups is 2. The molecule has 0 spiro atoms. The number of hydrogen-bond acceptors (Lipinski definition) is 5. The number of carbonyl (C=O) groups excluding carboxylic acids is 2. The van der Waals surface area contributed by atoms with Crippen molar-refractivity contribution in [3.63, 3.8) is 0 Å². The Labute approximate surface area is 171 Å². The highest BCUT2D eigenvalue weighted by atomic mass is 79.9. The molecule has 1 aromatic carbocycles. The summed E-state index contributed by atoms with van der Waals surface area (Å²) in [5.74, 6) is 0.741. The Morgan fingerprint density at radius 3 is 2.39 bits per heavy atom. The summed E-state index contributed by atoms with van der Waals surface area (Å²) in [5, 5.41) is 5.72. The highest BCUT2D eigenvalue weighted by Crippen LogP contribution is 2.23. The molecule has 2 aliphatic heterocycles. The molecule has 144 valence electrons. The first kappa shape index (κ1) is 18.6. The zero-order valence-electron chi connectivity index (χ0n) is 15.3. The number of amides is 2. The Bertz CT molecular complexity index is 893. The molecule has 8 heteroatoms. The summed E-state index contributed by atoms with van der Waals surface area (Å²) in [6.45, 7) is 2.68. The van der Waals surface area contributed by atoms with Crippen LogP contribution in [-0.4, -0.2) is 53.6 Å². The topological polar surface area (TPSA) is 69.1 Å². The molecule has 0 N–H and O–H groups in total. The van der Waals surface area contributed by atoms with E-state index in [0.717, 1.165) is 23.4 Å². The second-order valence-electron chi connectivity index (χ2n) is 6.70. The van der Waals surface area contributed by atoms with Gasteiger partial charge in [-0.1, -0.05) is 22.0 Å². The summed E-state index contributed by atoms with van der Waals surface area (Å²) in [7, 11) is 0. The van der Waals surface area contributed by atoms with Crippen LogP contribution in [0.15, 0.2) is 58.2 Å². The van der Waals surface area contributed by atoms with Crippen LogP contribution in [0.1, 0.15) is 12.8 Å². The zero-order valence-corrected chi connectivity index (χ0v) is 16.9. The minimum atomic E-state index is -0.0983. The van der Waals surface area contributed by atoms with Gasteiger partial charge in [0.2, 0.25) is 5.91 Å². The SMILES string of the molecule is O=C(C1=NN(c2ccc(Br)cc2)C(=O)CC1)N1CCN(c2ccccn2)CC1. The summed E-state index contributed by atoms with van der Waals surface area (Å²) in [5.41, 5.74) is 1.10. The Morgan fingerprint density at radius 1 is 0.964 bits per heavy atom. The summed E-state index contributed by atoms with van der Waals surface area (Å²) >= 11 is 3.38. The monoisotopic (exact) mass is 441 g/mol. The van der Waals surface area contributed by atoms with Gasteiger partial charge in [0.25, 0.3) is 5.91 Å². The van der Waals surface area contributed by atoms with E-state index in [-0.39, 0.29) is 18.2 Å². The number of nitrogens with zero attached hydrogens (tertiary/aromatic N) is 5. The predicted molar refractivity (Wildman–Crippen MR) is 111 cm³/mol. The van der Waals surface area contributed by atoms with E-state index in [9.17, 15) is 9.59 Å². The lowest BCUT2D eigenvalue weighted by atomic mass is 10.1. The van der Waals surface area contributed by atoms with E-state index in [2.05, 4.69) is 30.9 Å². The Hall–Kier alpha value is -2.74. The molecule has 1 saturated heterocycles. The molecule has 0 saturated carbocycles. The van der Waals surface area contributed by atoms with Crippen molar-refractivity contribution in [2.75, 3.05) is 36.1 Å². The minimum absolute atomic E-state index is 0.0877. The number of piperazine rings is 1. The average Bonchev–Trinajstić information content (AvgIpc) is 2.75. The maximum atomic E-state index is 12.9. The van der Waals surface area contributed by atoms with Gasteiger partial charge in [-0.25, -0.2) is 9.99 Å². The second-order valence-corrected chi connectivity index (χ2v) is 7.61. The molecule has 1 aromatic heterocycles. The molecule has 2 aromatic rings. The van der Waals surface area contributed by atoms with Crippen LogP contribution in [0.5, 0.6) is 0 Å². The molecule has 4 rings (SSSR count). The Morgan fingerprint density at radius 2 is 1.71 bits per heavy atom. The molecule has 2 amide bonds. The van der Waals surface area contributed by atoms with Gasteiger partial charge in [0.15, 0.2) is 0 Å². The summed E-state index contributed by atoms with van der Waals surface area (Å²) in [4.78, 5) is 33.6. The smallest absolute Gasteiger partial charge is 0.270 e. The fourth-order valence-electron chi connectivity index (χ4n) is 3.35.